The summed E-state index contributed by atoms with van der Waals surface area (Å²) in [5, 5.41) is 11.9. The molecule has 2 aromatic rings. The van der Waals surface area contributed by atoms with Gasteiger partial charge in [-0.3, -0.25) is 4.79 Å². The maximum atomic E-state index is 11.9. The number of benzene rings is 2. The van der Waals surface area contributed by atoms with Crippen LogP contribution < -0.4 is 5.32 Å². The largest absolute Gasteiger partial charge is 0.508 e. The topological polar surface area (TPSA) is 49.3 Å². The molecule has 0 unspecified atom stereocenters. The summed E-state index contributed by atoms with van der Waals surface area (Å²) in [6.45, 7) is 0. The molecule has 4 heteroatoms. The molecule has 0 aliphatic rings. The third-order valence-corrected chi connectivity index (χ3v) is 3.18. The zero-order valence-electron chi connectivity index (χ0n) is 8.85. The van der Waals surface area contributed by atoms with Crippen LogP contribution in [0.25, 0.3) is 0 Å². The molecule has 0 bridgehead atoms. The Balaban J connectivity index is 2.17. The molecule has 0 heterocycles. The van der Waals surface area contributed by atoms with Crippen molar-refractivity contribution in [2.75, 3.05) is 5.32 Å². The van der Waals surface area contributed by atoms with Crippen molar-refractivity contribution >= 4 is 34.2 Å². The number of halogens is 1. The van der Waals surface area contributed by atoms with E-state index in [1.54, 1.807) is 18.2 Å². The number of aromatic hydroxyl groups is 1. The Morgan fingerprint density at radius 2 is 1.71 bits per heavy atom. The minimum Gasteiger partial charge on any atom is -0.508 e. The van der Waals surface area contributed by atoms with Gasteiger partial charge >= 0.3 is 0 Å². The van der Waals surface area contributed by atoms with Crippen molar-refractivity contribution in [2.45, 2.75) is 0 Å². The van der Waals surface area contributed by atoms with Gasteiger partial charge in [0, 0.05) is 9.26 Å². The van der Waals surface area contributed by atoms with Crippen LogP contribution in [0.2, 0.25) is 0 Å². The molecule has 0 aliphatic carbocycles. The van der Waals surface area contributed by atoms with Crippen LogP contribution in [0.1, 0.15) is 10.4 Å². The molecule has 3 nitrogen and oxygen atoms in total. The van der Waals surface area contributed by atoms with Crippen LogP contribution in [0.15, 0.2) is 48.5 Å². The number of nitrogens with one attached hydrogen (secondary N) is 1. The summed E-state index contributed by atoms with van der Waals surface area (Å²) in [4.78, 5) is 11.9. The van der Waals surface area contributed by atoms with Crippen molar-refractivity contribution < 1.29 is 9.90 Å². The van der Waals surface area contributed by atoms with Gasteiger partial charge in [0.2, 0.25) is 0 Å². The lowest BCUT2D eigenvalue weighted by molar-refractivity contribution is 0.102. The molecular formula is C13H10INO2. The van der Waals surface area contributed by atoms with E-state index in [1.165, 1.54) is 12.1 Å². The molecule has 0 radical (unpaired) electrons. The highest BCUT2D eigenvalue weighted by Crippen LogP contribution is 2.17. The molecular weight excluding hydrogens is 329 g/mol. The van der Waals surface area contributed by atoms with Crippen LogP contribution in [0.5, 0.6) is 5.75 Å². The molecule has 0 saturated carbocycles. The van der Waals surface area contributed by atoms with Crippen LogP contribution in [0.3, 0.4) is 0 Å². The standard InChI is InChI=1S/C13H10INO2/c14-12-4-2-1-3-11(12)13(17)15-9-5-7-10(16)8-6-9/h1-8,16H,(H,15,17). The first-order valence-electron chi connectivity index (χ1n) is 5.02. The first kappa shape index (κ1) is 11.9. The van der Waals surface area contributed by atoms with Crippen molar-refractivity contribution in [3.8, 4) is 5.75 Å². The molecule has 0 spiro atoms. The number of hydrogen-bond donors (Lipinski definition) is 2. The van der Waals surface area contributed by atoms with Gasteiger partial charge in [-0.2, -0.15) is 0 Å². The van der Waals surface area contributed by atoms with Crippen molar-refractivity contribution in [3.05, 3.63) is 57.7 Å². The second-order valence-corrected chi connectivity index (χ2v) is 4.64. The molecule has 1 amide bonds. The number of carbonyl (C=O) groups excluding carboxylic acids is 1. The summed E-state index contributed by atoms with van der Waals surface area (Å²) in [6, 6.07) is 13.8. The first-order chi connectivity index (χ1) is 8.16. The zero-order chi connectivity index (χ0) is 12.3. The molecule has 17 heavy (non-hydrogen) atoms. The summed E-state index contributed by atoms with van der Waals surface area (Å²) < 4.78 is 0.904. The SMILES string of the molecule is O=C(Nc1ccc(O)cc1)c1ccccc1I. The first-order valence-corrected chi connectivity index (χ1v) is 6.09. The minimum absolute atomic E-state index is 0.152. The highest BCUT2D eigenvalue weighted by Gasteiger charge is 2.08. The normalized spacial score (nSPS) is 9.94. The number of phenols is 1. The molecule has 2 rings (SSSR count). The van der Waals surface area contributed by atoms with E-state index in [4.69, 9.17) is 5.11 Å². The summed E-state index contributed by atoms with van der Waals surface area (Å²) >= 11 is 2.12. The smallest absolute Gasteiger partial charge is 0.256 e. The van der Waals surface area contributed by atoms with Crippen LogP contribution >= 0.6 is 22.6 Å². The third-order valence-electron chi connectivity index (χ3n) is 2.24. The molecule has 0 atom stereocenters. The maximum Gasteiger partial charge on any atom is 0.256 e. The van der Waals surface area contributed by atoms with Gasteiger partial charge in [-0.1, -0.05) is 12.1 Å². The highest BCUT2D eigenvalue weighted by molar-refractivity contribution is 14.1. The van der Waals surface area contributed by atoms with E-state index in [2.05, 4.69) is 27.9 Å². The van der Waals surface area contributed by atoms with Crippen molar-refractivity contribution in [3.63, 3.8) is 0 Å². The average Bonchev–Trinajstić information content (AvgIpc) is 2.32. The number of phenolic OH excluding ortho intramolecular Hbond substituents is 1. The Bertz CT molecular complexity index is 537. The van der Waals surface area contributed by atoms with Gasteiger partial charge < -0.3 is 10.4 Å². The summed E-state index contributed by atoms with van der Waals surface area (Å²) in [7, 11) is 0. The van der Waals surface area contributed by atoms with E-state index in [0.717, 1.165) is 3.57 Å². The monoisotopic (exact) mass is 339 g/mol. The lowest BCUT2D eigenvalue weighted by atomic mass is 10.2. The zero-order valence-corrected chi connectivity index (χ0v) is 11.0. The fourth-order valence-corrected chi connectivity index (χ4v) is 2.02. The third kappa shape index (κ3) is 2.97. The van der Waals surface area contributed by atoms with Gasteiger partial charge in [-0.05, 0) is 59.0 Å². The Kier molecular flexibility index (Phi) is 3.63. The van der Waals surface area contributed by atoms with Crippen molar-refractivity contribution in [1.82, 2.24) is 0 Å². The van der Waals surface area contributed by atoms with E-state index < -0.39 is 0 Å². The van der Waals surface area contributed by atoms with Gasteiger partial charge in [0.1, 0.15) is 5.75 Å². The second kappa shape index (κ2) is 5.18. The Labute approximate surface area is 113 Å². The van der Waals surface area contributed by atoms with Crippen molar-refractivity contribution in [2.24, 2.45) is 0 Å². The number of carbonyl (C=O) groups is 1. The van der Waals surface area contributed by atoms with E-state index in [0.29, 0.717) is 11.3 Å². The van der Waals surface area contributed by atoms with Gasteiger partial charge in [0.25, 0.3) is 5.91 Å². The van der Waals surface area contributed by atoms with E-state index in [-0.39, 0.29) is 11.7 Å². The predicted molar refractivity (Wildman–Crippen MR) is 75.2 cm³/mol. The maximum absolute atomic E-state index is 11.9. The molecule has 0 aromatic heterocycles. The molecule has 0 aliphatic heterocycles. The fourth-order valence-electron chi connectivity index (χ4n) is 1.39. The number of rotatable bonds is 2. The number of amides is 1. The molecule has 0 saturated heterocycles. The van der Waals surface area contributed by atoms with Crippen LogP contribution in [-0.2, 0) is 0 Å². The lowest BCUT2D eigenvalue weighted by Gasteiger charge is -2.06. The summed E-state index contributed by atoms with van der Waals surface area (Å²) in [6.07, 6.45) is 0. The lowest BCUT2D eigenvalue weighted by Crippen LogP contribution is -2.13. The fraction of sp³-hybridized carbons (Fsp3) is 0. The number of anilines is 1. The molecule has 0 fully saturated rings. The molecule has 2 aromatic carbocycles. The van der Waals surface area contributed by atoms with Crippen LogP contribution in [0, 0.1) is 3.57 Å². The van der Waals surface area contributed by atoms with Crippen LogP contribution in [-0.4, -0.2) is 11.0 Å². The Morgan fingerprint density at radius 3 is 2.35 bits per heavy atom. The van der Waals surface area contributed by atoms with Gasteiger partial charge in [0.15, 0.2) is 0 Å². The van der Waals surface area contributed by atoms with Crippen LogP contribution in [0.4, 0.5) is 5.69 Å². The predicted octanol–water partition coefficient (Wildman–Crippen LogP) is 3.25. The van der Waals surface area contributed by atoms with Gasteiger partial charge in [-0.25, -0.2) is 0 Å². The van der Waals surface area contributed by atoms with Crippen molar-refractivity contribution in [1.29, 1.82) is 0 Å². The van der Waals surface area contributed by atoms with Gasteiger partial charge in [-0.15, -0.1) is 0 Å². The number of hydrogen-bond acceptors (Lipinski definition) is 2. The Morgan fingerprint density at radius 1 is 1.06 bits per heavy atom. The summed E-state index contributed by atoms with van der Waals surface area (Å²) in [5.41, 5.74) is 1.30. The Hall–Kier alpha value is -1.56. The highest BCUT2D eigenvalue weighted by atomic mass is 127. The van der Waals surface area contributed by atoms with Gasteiger partial charge in [0.05, 0.1) is 5.56 Å². The van der Waals surface area contributed by atoms with E-state index in [9.17, 15) is 4.79 Å². The van der Waals surface area contributed by atoms with E-state index >= 15 is 0 Å². The molecule has 2 N–H and O–H groups in total. The molecule has 86 valence electrons. The quantitative estimate of drug-likeness (QED) is 0.652. The summed E-state index contributed by atoms with van der Waals surface area (Å²) in [5.74, 6) is 0.0259. The second-order valence-electron chi connectivity index (χ2n) is 3.48. The van der Waals surface area contributed by atoms with E-state index in [1.807, 2.05) is 18.2 Å². The minimum atomic E-state index is -0.152. The average molecular weight is 339 g/mol.